The van der Waals surface area contributed by atoms with Crippen LogP contribution in [0.3, 0.4) is 0 Å². The van der Waals surface area contributed by atoms with Crippen LogP contribution in [0.1, 0.15) is 50.8 Å². The monoisotopic (exact) mass is 559 g/mol. The molecule has 0 radical (unpaired) electrons. The summed E-state index contributed by atoms with van der Waals surface area (Å²) < 4.78 is 0. The van der Waals surface area contributed by atoms with Gasteiger partial charge in [0.25, 0.3) is 0 Å². The van der Waals surface area contributed by atoms with E-state index in [0.717, 1.165) is 0 Å². The highest BCUT2D eigenvalue weighted by Gasteiger charge is 2.30. The van der Waals surface area contributed by atoms with Crippen LogP contribution in [-0.2, 0) is 32.0 Å². The summed E-state index contributed by atoms with van der Waals surface area (Å²) in [6.45, 7) is 4.08. The van der Waals surface area contributed by atoms with Crippen LogP contribution in [0.4, 0.5) is 0 Å². The molecule has 4 atom stereocenters. The Morgan fingerprint density at radius 1 is 0.925 bits per heavy atom. The molecule has 2 aromatic rings. The zero-order valence-electron chi connectivity index (χ0n) is 22.9. The predicted molar refractivity (Wildman–Crippen MR) is 148 cm³/mol. The molecule has 0 spiro atoms. The molecule has 2 rings (SSSR count). The standard InChI is InChI=1S/C27H41N7O6/c1-16(2)11-23(27(39)40)34-26(38)22(12-17-6-8-19(35)9-7-17)33-25(37)21(5-3-4-10-28)32-24(36)20(29)13-18-14-30-15-31-18/h6-9,14-16,20-23,35H,3-5,10-13,28-29H2,1-2H3,(H,30,31)(H,32,36)(H,33,37)(H,34,38)(H,39,40). The lowest BCUT2D eigenvalue weighted by Gasteiger charge is -2.26. The van der Waals surface area contributed by atoms with Gasteiger partial charge in [0, 0.05) is 24.7 Å². The number of unbranched alkanes of at least 4 members (excludes halogenated alkanes) is 1. The summed E-state index contributed by atoms with van der Waals surface area (Å²) in [6, 6.07) is 1.83. The lowest BCUT2D eigenvalue weighted by atomic mass is 10.0. The van der Waals surface area contributed by atoms with Crippen molar-refractivity contribution in [2.24, 2.45) is 17.4 Å². The van der Waals surface area contributed by atoms with E-state index >= 15 is 0 Å². The number of phenols is 1. The Morgan fingerprint density at radius 3 is 2.12 bits per heavy atom. The first-order valence-electron chi connectivity index (χ1n) is 13.3. The molecule has 0 saturated carbocycles. The smallest absolute Gasteiger partial charge is 0.326 e. The lowest BCUT2D eigenvalue weighted by Crippen LogP contribution is -2.57. The quantitative estimate of drug-likeness (QED) is 0.121. The molecular weight excluding hydrogens is 518 g/mol. The van der Waals surface area contributed by atoms with Crippen LogP contribution in [0.5, 0.6) is 5.75 Å². The zero-order valence-corrected chi connectivity index (χ0v) is 22.9. The first-order valence-corrected chi connectivity index (χ1v) is 13.3. The van der Waals surface area contributed by atoms with Gasteiger partial charge in [-0.1, -0.05) is 26.0 Å². The van der Waals surface area contributed by atoms with Crippen molar-refractivity contribution in [2.45, 2.75) is 76.5 Å². The number of carboxylic acid groups (broad SMARTS) is 1. The van der Waals surface area contributed by atoms with Crippen LogP contribution in [0, 0.1) is 5.92 Å². The van der Waals surface area contributed by atoms with E-state index in [1.807, 2.05) is 13.8 Å². The number of hydrogen-bond donors (Lipinski definition) is 8. The number of carbonyl (C=O) groups excluding carboxylic acids is 3. The molecule has 0 aliphatic rings. The van der Waals surface area contributed by atoms with Crippen molar-refractivity contribution in [3.05, 3.63) is 48.0 Å². The summed E-state index contributed by atoms with van der Waals surface area (Å²) in [7, 11) is 0. The highest BCUT2D eigenvalue weighted by atomic mass is 16.4. The maximum Gasteiger partial charge on any atom is 0.326 e. The fourth-order valence-corrected chi connectivity index (χ4v) is 4.08. The Labute approximate surface area is 233 Å². The van der Waals surface area contributed by atoms with Crippen molar-refractivity contribution in [1.82, 2.24) is 25.9 Å². The number of aliphatic carboxylic acids is 1. The third kappa shape index (κ3) is 11.0. The number of aromatic amines is 1. The average Bonchev–Trinajstić information content (AvgIpc) is 3.41. The number of benzene rings is 1. The SMILES string of the molecule is CC(C)CC(NC(=O)C(Cc1ccc(O)cc1)NC(=O)C(CCCCN)NC(=O)C(N)Cc1cnc[nH]1)C(=O)O. The summed E-state index contributed by atoms with van der Waals surface area (Å²) in [5, 5.41) is 27.1. The van der Waals surface area contributed by atoms with E-state index in [0.29, 0.717) is 30.6 Å². The topological polar surface area (TPSA) is 226 Å². The minimum atomic E-state index is -1.19. The molecule has 0 fully saturated rings. The molecule has 0 aliphatic carbocycles. The van der Waals surface area contributed by atoms with Crippen molar-refractivity contribution < 1.29 is 29.4 Å². The summed E-state index contributed by atoms with van der Waals surface area (Å²) in [5.74, 6) is -3.00. The van der Waals surface area contributed by atoms with Crippen LogP contribution in [0.15, 0.2) is 36.8 Å². The van der Waals surface area contributed by atoms with Crippen LogP contribution >= 0.6 is 0 Å². The first kappa shape index (κ1) is 32.2. The molecule has 13 nitrogen and oxygen atoms in total. The molecule has 1 aromatic heterocycles. The van der Waals surface area contributed by atoms with Gasteiger partial charge in [-0.15, -0.1) is 0 Å². The summed E-state index contributed by atoms with van der Waals surface area (Å²) in [4.78, 5) is 58.1. The molecule has 13 heteroatoms. The van der Waals surface area contributed by atoms with Crippen LogP contribution < -0.4 is 27.4 Å². The van der Waals surface area contributed by atoms with Crippen molar-refractivity contribution in [3.63, 3.8) is 0 Å². The number of nitrogens with one attached hydrogen (secondary N) is 4. The minimum absolute atomic E-state index is 0.000329. The second-order valence-electron chi connectivity index (χ2n) is 10.2. The predicted octanol–water partition coefficient (Wildman–Crippen LogP) is -0.0581. The van der Waals surface area contributed by atoms with Gasteiger partial charge in [0.05, 0.1) is 12.4 Å². The Hall–Kier alpha value is -3.97. The first-order chi connectivity index (χ1) is 19.0. The number of carbonyl (C=O) groups is 4. The highest BCUT2D eigenvalue weighted by molar-refractivity contribution is 5.94. The van der Waals surface area contributed by atoms with Gasteiger partial charge in [-0.05, 0) is 55.8 Å². The number of phenolic OH excluding ortho intramolecular Hbond substituents is 1. The van der Waals surface area contributed by atoms with Crippen molar-refractivity contribution in [3.8, 4) is 5.75 Å². The molecule has 1 aromatic carbocycles. The van der Waals surface area contributed by atoms with Crippen LogP contribution in [0.25, 0.3) is 0 Å². The average molecular weight is 560 g/mol. The Kier molecular flexibility index (Phi) is 13.1. The van der Waals surface area contributed by atoms with Gasteiger partial charge in [-0.3, -0.25) is 14.4 Å². The molecule has 0 bridgehead atoms. The van der Waals surface area contributed by atoms with Crippen LogP contribution in [-0.4, -0.2) is 74.6 Å². The number of carboxylic acids is 1. The molecule has 0 aliphatic heterocycles. The number of H-pyrrole nitrogens is 1. The largest absolute Gasteiger partial charge is 0.508 e. The molecule has 10 N–H and O–H groups in total. The zero-order chi connectivity index (χ0) is 29.7. The van der Waals surface area contributed by atoms with E-state index in [1.54, 1.807) is 18.3 Å². The van der Waals surface area contributed by atoms with Gasteiger partial charge in [0.1, 0.15) is 23.9 Å². The van der Waals surface area contributed by atoms with Crippen LogP contribution in [0.2, 0.25) is 0 Å². The van der Waals surface area contributed by atoms with Crippen molar-refractivity contribution in [1.29, 1.82) is 0 Å². The number of hydrogen-bond acceptors (Lipinski definition) is 8. The van der Waals surface area contributed by atoms with E-state index < -0.39 is 47.9 Å². The van der Waals surface area contributed by atoms with E-state index in [9.17, 15) is 29.4 Å². The number of rotatable bonds is 17. The van der Waals surface area contributed by atoms with Gasteiger partial charge in [0.15, 0.2) is 0 Å². The van der Waals surface area contributed by atoms with Crippen molar-refractivity contribution >= 4 is 23.7 Å². The molecule has 220 valence electrons. The molecular formula is C27H41N7O6. The van der Waals surface area contributed by atoms with Gasteiger partial charge in [-0.25, -0.2) is 9.78 Å². The van der Waals surface area contributed by atoms with Gasteiger partial charge in [-0.2, -0.15) is 0 Å². The molecule has 4 unspecified atom stereocenters. The van der Waals surface area contributed by atoms with Gasteiger partial charge >= 0.3 is 5.97 Å². The lowest BCUT2D eigenvalue weighted by molar-refractivity contribution is -0.142. The summed E-state index contributed by atoms with van der Waals surface area (Å²) >= 11 is 0. The van der Waals surface area contributed by atoms with Crippen molar-refractivity contribution in [2.75, 3.05) is 6.54 Å². The fraction of sp³-hybridized carbons (Fsp3) is 0.519. The summed E-state index contributed by atoms with van der Waals surface area (Å²) in [5.41, 5.74) is 12.9. The third-order valence-electron chi connectivity index (χ3n) is 6.24. The Balaban J connectivity index is 2.22. The van der Waals surface area contributed by atoms with Gasteiger partial charge in [0.2, 0.25) is 17.7 Å². The second-order valence-corrected chi connectivity index (χ2v) is 10.2. The Bertz CT molecular complexity index is 1090. The summed E-state index contributed by atoms with van der Waals surface area (Å²) in [6.07, 6.45) is 4.84. The number of aromatic nitrogens is 2. The molecule has 0 saturated heterocycles. The van der Waals surface area contributed by atoms with E-state index in [-0.39, 0.29) is 37.4 Å². The third-order valence-corrected chi connectivity index (χ3v) is 6.24. The van der Waals surface area contributed by atoms with Gasteiger partial charge < -0.3 is 42.6 Å². The fourth-order valence-electron chi connectivity index (χ4n) is 4.08. The molecule has 1 heterocycles. The highest BCUT2D eigenvalue weighted by Crippen LogP contribution is 2.13. The maximum absolute atomic E-state index is 13.4. The Morgan fingerprint density at radius 2 is 1.55 bits per heavy atom. The number of nitrogens with zero attached hydrogens (tertiary/aromatic N) is 1. The van der Waals surface area contributed by atoms with E-state index in [4.69, 9.17) is 11.5 Å². The second kappa shape index (κ2) is 16.2. The number of aromatic hydroxyl groups is 1. The minimum Gasteiger partial charge on any atom is -0.508 e. The number of nitrogens with two attached hydrogens (primary N) is 2. The number of amides is 3. The van der Waals surface area contributed by atoms with E-state index in [1.165, 1.54) is 18.5 Å². The van der Waals surface area contributed by atoms with E-state index in [2.05, 4.69) is 25.9 Å². The molecule has 40 heavy (non-hydrogen) atoms. The molecule has 3 amide bonds. The number of imidazole rings is 1. The normalized spacial score (nSPS) is 14.1. The maximum atomic E-state index is 13.4.